The van der Waals surface area contributed by atoms with Gasteiger partial charge in [-0.05, 0) is 76.5 Å². The SMILES string of the molecule is COC(=O)CC(N)Cc1ccc(OCCCCC2CCN(C(=O)OC(C)(C)C)CC2)cc1. The van der Waals surface area contributed by atoms with Crippen molar-refractivity contribution in [2.75, 3.05) is 26.8 Å². The highest BCUT2D eigenvalue weighted by Gasteiger charge is 2.26. The Kier molecular flexibility index (Phi) is 10.3. The van der Waals surface area contributed by atoms with E-state index in [4.69, 9.17) is 15.2 Å². The van der Waals surface area contributed by atoms with E-state index in [1.54, 1.807) is 0 Å². The second kappa shape index (κ2) is 12.7. The van der Waals surface area contributed by atoms with Crippen molar-refractivity contribution in [2.45, 2.75) is 77.4 Å². The van der Waals surface area contributed by atoms with E-state index in [0.29, 0.717) is 18.9 Å². The molecule has 1 aromatic carbocycles. The zero-order valence-corrected chi connectivity index (χ0v) is 20.1. The summed E-state index contributed by atoms with van der Waals surface area (Å²) in [5.41, 5.74) is 6.62. The van der Waals surface area contributed by atoms with E-state index >= 15 is 0 Å². The van der Waals surface area contributed by atoms with Gasteiger partial charge in [0.25, 0.3) is 0 Å². The monoisotopic (exact) mass is 448 g/mol. The van der Waals surface area contributed by atoms with Crippen molar-refractivity contribution in [2.24, 2.45) is 11.7 Å². The van der Waals surface area contributed by atoms with Crippen LogP contribution in [0.3, 0.4) is 0 Å². The van der Waals surface area contributed by atoms with Crippen LogP contribution in [0.5, 0.6) is 5.75 Å². The number of unbranched alkanes of at least 4 members (excludes halogenated alkanes) is 1. The average Bonchev–Trinajstić information content (AvgIpc) is 2.73. The Hall–Kier alpha value is -2.28. The lowest BCUT2D eigenvalue weighted by atomic mass is 9.92. The van der Waals surface area contributed by atoms with Gasteiger partial charge in [-0.1, -0.05) is 18.6 Å². The number of nitrogens with zero attached hydrogens (tertiary/aromatic N) is 1. The van der Waals surface area contributed by atoms with Gasteiger partial charge in [0, 0.05) is 19.1 Å². The zero-order chi connectivity index (χ0) is 23.6. The van der Waals surface area contributed by atoms with Crippen LogP contribution in [0, 0.1) is 5.92 Å². The van der Waals surface area contributed by atoms with E-state index in [1.165, 1.54) is 13.5 Å². The first-order chi connectivity index (χ1) is 15.2. The molecule has 1 fully saturated rings. The number of carbonyl (C=O) groups excluding carboxylic acids is 2. The van der Waals surface area contributed by atoms with E-state index in [9.17, 15) is 9.59 Å². The molecule has 2 N–H and O–H groups in total. The van der Waals surface area contributed by atoms with Crippen molar-refractivity contribution in [1.29, 1.82) is 0 Å². The lowest BCUT2D eigenvalue weighted by molar-refractivity contribution is -0.141. The molecule has 1 unspecified atom stereocenters. The molecule has 0 spiro atoms. The van der Waals surface area contributed by atoms with Gasteiger partial charge < -0.3 is 24.8 Å². The lowest BCUT2D eigenvalue weighted by Gasteiger charge is -2.33. The molecule has 1 aliphatic heterocycles. The first kappa shape index (κ1) is 26.0. The van der Waals surface area contributed by atoms with E-state index in [1.807, 2.05) is 49.9 Å². The number of rotatable bonds is 10. The van der Waals surface area contributed by atoms with Crippen LogP contribution < -0.4 is 10.5 Å². The number of nitrogens with two attached hydrogens (primary N) is 1. The minimum absolute atomic E-state index is 0.194. The third kappa shape index (κ3) is 9.90. The van der Waals surface area contributed by atoms with Gasteiger partial charge in [0.1, 0.15) is 11.4 Å². The molecule has 7 nitrogen and oxygen atoms in total. The fraction of sp³-hybridized carbons (Fsp3) is 0.680. The molecule has 1 saturated heterocycles. The predicted octanol–water partition coefficient (Wildman–Crippen LogP) is 4.32. The molecule has 0 radical (unpaired) electrons. The van der Waals surface area contributed by atoms with Crippen molar-refractivity contribution in [3.05, 3.63) is 29.8 Å². The molecule has 1 heterocycles. The van der Waals surface area contributed by atoms with Gasteiger partial charge >= 0.3 is 12.1 Å². The summed E-state index contributed by atoms with van der Waals surface area (Å²) in [5.74, 6) is 1.23. The van der Waals surface area contributed by atoms with Crippen LogP contribution in [0.1, 0.15) is 64.9 Å². The molecule has 0 saturated carbocycles. The van der Waals surface area contributed by atoms with Gasteiger partial charge in [-0.25, -0.2) is 4.79 Å². The molecule has 1 atom stereocenters. The largest absolute Gasteiger partial charge is 0.494 e. The number of hydrogen-bond donors (Lipinski definition) is 1. The van der Waals surface area contributed by atoms with Crippen LogP contribution in [0.2, 0.25) is 0 Å². The van der Waals surface area contributed by atoms with Crippen molar-refractivity contribution in [3.8, 4) is 5.75 Å². The maximum atomic E-state index is 12.1. The van der Waals surface area contributed by atoms with Gasteiger partial charge in [-0.15, -0.1) is 0 Å². The maximum Gasteiger partial charge on any atom is 0.410 e. The third-order valence-corrected chi connectivity index (χ3v) is 5.62. The first-order valence-electron chi connectivity index (χ1n) is 11.7. The summed E-state index contributed by atoms with van der Waals surface area (Å²) in [7, 11) is 1.37. The number of benzene rings is 1. The molecule has 32 heavy (non-hydrogen) atoms. The maximum absolute atomic E-state index is 12.1. The number of amides is 1. The second-order valence-corrected chi connectivity index (χ2v) is 9.64. The minimum atomic E-state index is -0.439. The summed E-state index contributed by atoms with van der Waals surface area (Å²) in [6.45, 7) is 7.96. The Balaban J connectivity index is 1.58. The van der Waals surface area contributed by atoms with Crippen LogP contribution in [-0.2, 0) is 20.7 Å². The highest BCUT2D eigenvalue weighted by molar-refractivity contribution is 5.70. The number of piperidine rings is 1. The van der Waals surface area contributed by atoms with E-state index in [2.05, 4.69) is 4.74 Å². The van der Waals surface area contributed by atoms with Gasteiger partial charge in [0.2, 0.25) is 0 Å². The zero-order valence-electron chi connectivity index (χ0n) is 20.1. The average molecular weight is 449 g/mol. The topological polar surface area (TPSA) is 91.1 Å². The quantitative estimate of drug-likeness (QED) is 0.423. The number of carbonyl (C=O) groups is 2. The Morgan fingerprint density at radius 2 is 1.78 bits per heavy atom. The minimum Gasteiger partial charge on any atom is -0.494 e. The van der Waals surface area contributed by atoms with Crippen LogP contribution in [-0.4, -0.2) is 55.4 Å². The molecular weight excluding hydrogens is 408 g/mol. The Morgan fingerprint density at radius 3 is 2.38 bits per heavy atom. The van der Waals surface area contributed by atoms with Crippen LogP contribution in [0.4, 0.5) is 4.79 Å². The van der Waals surface area contributed by atoms with Crippen molar-refractivity contribution in [3.63, 3.8) is 0 Å². The molecule has 2 rings (SSSR count). The van der Waals surface area contributed by atoms with Gasteiger partial charge in [-0.2, -0.15) is 0 Å². The summed E-state index contributed by atoms with van der Waals surface area (Å²) in [4.78, 5) is 25.3. The van der Waals surface area contributed by atoms with Crippen molar-refractivity contribution < 1.29 is 23.8 Å². The summed E-state index contributed by atoms with van der Waals surface area (Å²) < 4.78 is 16.0. The molecular formula is C25H40N2O5. The predicted molar refractivity (Wildman–Crippen MR) is 125 cm³/mol. The number of methoxy groups -OCH3 is 1. The fourth-order valence-corrected chi connectivity index (χ4v) is 3.85. The highest BCUT2D eigenvalue weighted by Crippen LogP contribution is 2.24. The number of ether oxygens (including phenoxy) is 3. The van der Waals surface area contributed by atoms with Crippen LogP contribution in [0.25, 0.3) is 0 Å². The van der Waals surface area contributed by atoms with Crippen LogP contribution in [0.15, 0.2) is 24.3 Å². The molecule has 1 aromatic rings. The Labute approximate surface area is 192 Å². The molecule has 7 heteroatoms. The fourth-order valence-electron chi connectivity index (χ4n) is 3.85. The van der Waals surface area contributed by atoms with Gasteiger partial charge in [0.05, 0.1) is 20.1 Å². The summed E-state index contributed by atoms with van der Waals surface area (Å²) >= 11 is 0. The van der Waals surface area contributed by atoms with Crippen molar-refractivity contribution >= 4 is 12.1 Å². The molecule has 0 aliphatic carbocycles. The van der Waals surface area contributed by atoms with E-state index in [-0.39, 0.29) is 24.5 Å². The number of likely N-dealkylation sites (tertiary alicyclic amines) is 1. The molecule has 1 amide bonds. The van der Waals surface area contributed by atoms with Gasteiger partial charge in [0.15, 0.2) is 0 Å². The number of hydrogen-bond acceptors (Lipinski definition) is 6. The van der Waals surface area contributed by atoms with Gasteiger partial charge in [-0.3, -0.25) is 4.79 Å². The van der Waals surface area contributed by atoms with Crippen molar-refractivity contribution in [1.82, 2.24) is 4.90 Å². The smallest absolute Gasteiger partial charge is 0.410 e. The standard InChI is InChI=1S/C25H40N2O5/c1-25(2,3)32-24(29)27-14-12-19(13-15-27)7-5-6-16-31-22-10-8-20(9-11-22)17-21(26)18-23(28)30-4/h8-11,19,21H,5-7,12-18,26H2,1-4H3. The summed E-state index contributed by atoms with van der Waals surface area (Å²) in [6, 6.07) is 7.64. The Morgan fingerprint density at radius 1 is 1.12 bits per heavy atom. The molecule has 0 bridgehead atoms. The second-order valence-electron chi connectivity index (χ2n) is 9.64. The summed E-state index contributed by atoms with van der Waals surface area (Å²) in [5, 5.41) is 0. The Bertz CT molecular complexity index is 706. The van der Waals surface area contributed by atoms with E-state index < -0.39 is 5.60 Å². The lowest BCUT2D eigenvalue weighted by Crippen LogP contribution is -2.41. The highest BCUT2D eigenvalue weighted by atomic mass is 16.6. The molecule has 0 aromatic heterocycles. The normalized spacial score (nSPS) is 15.8. The first-order valence-corrected chi connectivity index (χ1v) is 11.7. The summed E-state index contributed by atoms with van der Waals surface area (Å²) in [6.07, 6.45) is 6.04. The molecule has 180 valence electrons. The number of esters is 1. The van der Waals surface area contributed by atoms with Crippen LogP contribution >= 0.6 is 0 Å². The van der Waals surface area contributed by atoms with E-state index in [0.717, 1.165) is 50.1 Å². The molecule has 1 aliphatic rings. The third-order valence-electron chi connectivity index (χ3n) is 5.62.